The van der Waals surface area contributed by atoms with E-state index >= 15 is 0 Å². The number of rotatable bonds is 5. The number of nitrogens with one attached hydrogen (secondary N) is 2. The highest BCUT2D eigenvalue weighted by Crippen LogP contribution is 2.29. The number of amides is 2. The zero-order chi connectivity index (χ0) is 21.8. The molecule has 0 bridgehead atoms. The predicted molar refractivity (Wildman–Crippen MR) is 115 cm³/mol. The average molecular weight is 475 g/mol. The average Bonchev–Trinajstić information content (AvgIpc) is 2.69. The molecular formula is C22H17BrF2N2O3. The predicted octanol–water partition coefficient (Wildman–Crippen LogP) is 5.61. The summed E-state index contributed by atoms with van der Waals surface area (Å²) in [6.07, 6.45) is 0. The second-order valence-electron chi connectivity index (χ2n) is 6.37. The highest BCUT2D eigenvalue weighted by Gasteiger charge is 2.16. The Morgan fingerprint density at radius 2 is 1.67 bits per heavy atom. The van der Waals surface area contributed by atoms with Crippen LogP contribution in [0.2, 0.25) is 0 Å². The van der Waals surface area contributed by atoms with Gasteiger partial charge in [0.15, 0.2) is 0 Å². The number of hydrogen-bond acceptors (Lipinski definition) is 3. The highest BCUT2D eigenvalue weighted by molar-refractivity contribution is 9.10. The van der Waals surface area contributed by atoms with Crippen molar-refractivity contribution < 1.29 is 23.1 Å². The molecule has 0 aliphatic carbocycles. The van der Waals surface area contributed by atoms with Gasteiger partial charge in [0.2, 0.25) is 5.91 Å². The summed E-state index contributed by atoms with van der Waals surface area (Å²) in [6.45, 7) is 1.34. The Morgan fingerprint density at radius 3 is 2.30 bits per heavy atom. The number of carbonyl (C=O) groups is 2. The number of benzene rings is 3. The van der Waals surface area contributed by atoms with E-state index in [0.717, 1.165) is 6.07 Å². The first-order chi connectivity index (χ1) is 14.3. The van der Waals surface area contributed by atoms with Gasteiger partial charge in [0.25, 0.3) is 5.91 Å². The van der Waals surface area contributed by atoms with Crippen LogP contribution in [0.1, 0.15) is 17.3 Å². The molecule has 2 amide bonds. The zero-order valence-corrected chi connectivity index (χ0v) is 17.6. The van der Waals surface area contributed by atoms with Crippen LogP contribution in [0.25, 0.3) is 11.1 Å². The van der Waals surface area contributed by atoms with Crippen LogP contribution in [-0.2, 0) is 4.79 Å². The smallest absolute Gasteiger partial charge is 0.258 e. The molecule has 0 fully saturated rings. The Balaban J connectivity index is 1.88. The van der Waals surface area contributed by atoms with Crippen LogP contribution >= 0.6 is 15.9 Å². The van der Waals surface area contributed by atoms with Gasteiger partial charge in [-0.25, -0.2) is 8.78 Å². The van der Waals surface area contributed by atoms with E-state index in [1.807, 2.05) is 0 Å². The number of ether oxygens (including phenoxy) is 1. The Kier molecular flexibility index (Phi) is 6.47. The quantitative estimate of drug-likeness (QED) is 0.504. The van der Waals surface area contributed by atoms with E-state index in [1.54, 1.807) is 24.3 Å². The van der Waals surface area contributed by atoms with Gasteiger partial charge in [0, 0.05) is 23.0 Å². The molecule has 0 saturated carbocycles. The zero-order valence-electron chi connectivity index (χ0n) is 16.1. The summed E-state index contributed by atoms with van der Waals surface area (Å²) in [7, 11) is 1.42. The van der Waals surface area contributed by atoms with Crippen molar-refractivity contribution in [1.29, 1.82) is 0 Å². The van der Waals surface area contributed by atoms with Crippen LogP contribution in [0.4, 0.5) is 20.2 Å². The second kappa shape index (κ2) is 9.04. The topological polar surface area (TPSA) is 67.4 Å². The van der Waals surface area contributed by atoms with Gasteiger partial charge in [0.05, 0.1) is 24.0 Å². The van der Waals surface area contributed by atoms with E-state index in [1.165, 1.54) is 38.3 Å². The fraction of sp³-hybridized carbons (Fsp3) is 0.0909. The molecule has 0 heterocycles. The lowest BCUT2D eigenvalue weighted by atomic mass is 10.0. The molecule has 3 aromatic rings. The molecule has 0 aliphatic rings. The molecule has 30 heavy (non-hydrogen) atoms. The lowest BCUT2D eigenvalue weighted by Crippen LogP contribution is -2.16. The van der Waals surface area contributed by atoms with Crippen LogP contribution in [-0.4, -0.2) is 18.9 Å². The number of halogens is 3. The molecule has 0 atom stereocenters. The summed E-state index contributed by atoms with van der Waals surface area (Å²) in [4.78, 5) is 24.0. The lowest BCUT2D eigenvalue weighted by molar-refractivity contribution is -0.114. The normalized spacial score (nSPS) is 10.4. The standard InChI is InChI=1S/C22H17BrF2N2O3/c1-12(28)26-20-8-4-14(23)10-21(20)27-22(29)17-6-3-13(9-18(17)24)16-7-5-15(30-2)11-19(16)25/h3-11H,1-2H3,(H,26,28)(H,27,29). The van der Waals surface area contributed by atoms with E-state index in [0.29, 0.717) is 21.6 Å². The van der Waals surface area contributed by atoms with Crippen molar-refractivity contribution in [1.82, 2.24) is 0 Å². The van der Waals surface area contributed by atoms with Crippen molar-refractivity contribution >= 4 is 39.1 Å². The Hall–Kier alpha value is -3.26. The largest absolute Gasteiger partial charge is 0.497 e. The summed E-state index contributed by atoms with van der Waals surface area (Å²) in [5, 5.41) is 5.18. The van der Waals surface area contributed by atoms with Crippen LogP contribution in [0, 0.1) is 11.6 Å². The molecule has 0 aromatic heterocycles. The summed E-state index contributed by atoms with van der Waals surface area (Å²) in [6, 6.07) is 12.9. The van der Waals surface area contributed by atoms with Gasteiger partial charge in [0.1, 0.15) is 17.4 Å². The number of anilines is 2. The summed E-state index contributed by atoms with van der Waals surface area (Å²) in [5.41, 5.74) is 0.916. The fourth-order valence-electron chi connectivity index (χ4n) is 2.83. The SMILES string of the molecule is COc1ccc(-c2ccc(C(=O)Nc3cc(Br)ccc3NC(C)=O)c(F)c2)c(F)c1. The first-order valence-corrected chi connectivity index (χ1v) is 9.59. The third-order valence-corrected chi connectivity index (χ3v) is 4.73. The molecule has 3 rings (SSSR count). The molecule has 0 radical (unpaired) electrons. The van der Waals surface area contributed by atoms with Crippen molar-refractivity contribution in [2.75, 3.05) is 17.7 Å². The first kappa shape index (κ1) is 21.4. The maximum Gasteiger partial charge on any atom is 0.258 e. The number of carbonyl (C=O) groups excluding carboxylic acids is 2. The van der Waals surface area contributed by atoms with Crippen molar-refractivity contribution in [2.24, 2.45) is 0 Å². The molecule has 0 unspecified atom stereocenters. The van der Waals surface area contributed by atoms with Crippen LogP contribution in [0.15, 0.2) is 59.1 Å². The van der Waals surface area contributed by atoms with Crippen molar-refractivity contribution in [3.63, 3.8) is 0 Å². The molecule has 5 nitrogen and oxygen atoms in total. The third-order valence-electron chi connectivity index (χ3n) is 4.24. The monoisotopic (exact) mass is 474 g/mol. The van der Waals surface area contributed by atoms with E-state index in [-0.39, 0.29) is 22.6 Å². The van der Waals surface area contributed by atoms with Gasteiger partial charge in [-0.15, -0.1) is 0 Å². The molecule has 0 saturated heterocycles. The molecule has 3 aromatic carbocycles. The Labute approximate surface area is 180 Å². The molecule has 2 N–H and O–H groups in total. The number of methoxy groups -OCH3 is 1. The maximum absolute atomic E-state index is 14.7. The molecular weight excluding hydrogens is 458 g/mol. The minimum Gasteiger partial charge on any atom is -0.497 e. The van der Waals surface area contributed by atoms with Crippen LogP contribution < -0.4 is 15.4 Å². The van der Waals surface area contributed by atoms with E-state index < -0.39 is 17.5 Å². The summed E-state index contributed by atoms with van der Waals surface area (Å²) in [5.74, 6) is -2.06. The van der Waals surface area contributed by atoms with Gasteiger partial charge in [-0.3, -0.25) is 9.59 Å². The third kappa shape index (κ3) is 4.83. The van der Waals surface area contributed by atoms with Crippen LogP contribution in [0.5, 0.6) is 5.75 Å². The minimum absolute atomic E-state index is 0.182. The van der Waals surface area contributed by atoms with Crippen molar-refractivity contribution in [3.8, 4) is 16.9 Å². The van der Waals surface area contributed by atoms with Crippen molar-refractivity contribution in [2.45, 2.75) is 6.92 Å². The van der Waals surface area contributed by atoms with Gasteiger partial charge in [-0.05, 0) is 48.0 Å². The van der Waals surface area contributed by atoms with Crippen LogP contribution in [0.3, 0.4) is 0 Å². The molecule has 0 spiro atoms. The van der Waals surface area contributed by atoms with Gasteiger partial charge < -0.3 is 15.4 Å². The highest BCUT2D eigenvalue weighted by atomic mass is 79.9. The Morgan fingerprint density at radius 1 is 0.900 bits per heavy atom. The number of hydrogen-bond donors (Lipinski definition) is 2. The van der Waals surface area contributed by atoms with Gasteiger partial charge >= 0.3 is 0 Å². The molecule has 0 aliphatic heterocycles. The fourth-order valence-corrected chi connectivity index (χ4v) is 3.19. The lowest BCUT2D eigenvalue weighted by Gasteiger charge is -2.13. The summed E-state index contributed by atoms with van der Waals surface area (Å²) < 4.78 is 34.6. The van der Waals surface area contributed by atoms with Gasteiger partial charge in [-0.1, -0.05) is 22.0 Å². The molecule has 154 valence electrons. The maximum atomic E-state index is 14.7. The first-order valence-electron chi connectivity index (χ1n) is 8.80. The summed E-state index contributed by atoms with van der Waals surface area (Å²) >= 11 is 3.29. The second-order valence-corrected chi connectivity index (χ2v) is 7.28. The minimum atomic E-state index is -0.809. The Bertz CT molecular complexity index is 1140. The van der Waals surface area contributed by atoms with Gasteiger partial charge in [-0.2, -0.15) is 0 Å². The van der Waals surface area contributed by atoms with E-state index in [2.05, 4.69) is 26.6 Å². The van der Waals surface area contributed by atoms with E-state index in [9.17, 15) is 18.4 Å². The van der Waals surface area contributed by atoms with Crippen molar-refractivity contribution in [3.05, 3.63) is 76.3 Å². The molecule has 8 heteroatoms. The van der Waals surface area contributed by atoms with E-state index in [4.69, 9.17) is 4.74 Å².